The fraction of sp³-hybridized carbons (Fsp3) is 0.278. The van der Waals surface area contributed by atoms with Crippen LogP contribution in [0.4, 0.5) is 0 Å². The van der Waals surface area contributed by atoms with Crippen LogP contribution in [0.25, 0.3) is 0 Å². The number of hydrogen-bond acceptors (Lipinski definition) is 5. The van der Waals surface area contributed by atoms with Crippen molar-refractivity contribution in [3.8, 4) is 17.2 Å². The standard InChI is InChI=1S/C18H20N2O4/c1-22-14-6-2-12(3-7-14)16-9-5-13-4-8-15(10-17(13)24-16)23-11-18(21)20-19/h2-4,6-8,10,16H,5,9,11,19H2,1H3,(H,20,21). The van der Waals surface area contributed by atoms with Gasteiger partial charge in [0.05, 0.1) is 7.11 Å². The summed E-state index contributed by atoms with van der Waals surface area (Å²) in [4.78, 5) is 11.2. The number of nitrogens with one attached hydrogen (secondary N) is 1. The average molecular weight is 328 g/mol. The van der Waals surface area contributed by atoms with E-state index in [1.165, 1.54) is 0 Å². The number of carbonyl (C=O) groups is 1. The number of hydrazine groups is 1. The molecule has 6 nitrogen and oxygen atoms in total. The maximum atomic E-state index is 11.2. The second-order valence-electron chi connectivity index (χ2n) is 5.54. The molecule has 1 atom stereocenters. The molecule has 1 amide bonds. The molecule has 2 aromatic rings. The van der Waals surface area contributed by atoms with Gasteiger partial charge >= 0.3 is 0 Å². The van der Waals surface area contributed by atoms with Crippen LogP contribution < -0.4 is 25.5 Å². The molecule has 1 aliphatic rings. The molecule has 0 saturated heterocycles. The third-order valence-electron chi connectivity index (χ3n) is 4.00. The Balaban J connectivity index is 1.72. The maximum Gasteiger partial charge on any atom is 0.271 e. The third-order valence-corrected chi connectivity index (χ3v) is 4.00. The fourth-order valence-corrected chi connectivity index (χ4v) is 2.68. The van der Waals surface area contributed by atoms with Crippen LogP contribution in [-0.2, 0) is 11.2 Å². The van der Waals surface area contributed by atoms with Gasteiger partial charge in [0.15, 0.2) is 6.61 Å². The Kier molecular flexibility index (Phi) is 4.86. The van der Waals surface area contributed by atoms with Crippen molar-refractivity contribution in [3.05, 3.63) is 53.6 Å². The number of aryl methyl sites for hydroxylation is 1. The van der Waals surface area contributed by atoms with E-state index in [-0.39, 0.29) is 18.6 Å². The zero-order valence-corrected chi connectivity index (χ0v) is 13.5. The number of methoxy groups -OCH3 is 1. The van der Waals surface area contributed by atoms with Crippen molar-refractivity contribution in [1.82, 2.24) is 5.43 Å². The van der Waals surface area contributed by atoms with Gasteiger partial charge in [-0.05, 0) is 42.2 Å². The molecule has 0 spiro atoms. The van der Waals surface area contributed by atoms with E-state index in [0.29, 0.717) is 5.75 Å². The molecule has 1 unspecified atom stereocenters. The van der Waals surface area contributed by atoms with E-state index in [1.807, 2.05) is 47.9 Å². The molecule has 3 N–H and O–H groups in total. The molecule has 0 bridgehead atoms. The van der Waals surface area contributed by atoms with Gasteiger partial charge in [0.25, 0.3) is 5.91 Å². The zero-order valence-electron chi connectivity index (χ0n) is 13.5. The lowest BCUT2D eigenvalue weighted by Gasteiger charge is -2.27. The zero-order chi connectivity index (χ0) is 16.9. The summed E-state index contributed by atoms with van der Waals surface area (Å²) in [7, 11) is 1.65. The predicted molar refractivity (Wildman–Crippen MR) is 89.0 cm³/mol. The molecule has 0 radical (unpaired) electrons. The second-order valence-corrected chi connectivity index (χ2v) is 5.54. The van der Waals surface area contributed by atoms with E-state index in [0.717, 1.165) is 35.5 Å². The molecule has 1 aliphatic heterocycles. The molecular formula is C18H20N2O4. The lowest BCUT2D eigenvalue weighted by molar-refractivity contribution is -0.123. The van der Waals surface area contributed by atoms with Crippen LogP contribution in [0.2, 0.25) is 0 Å². The Hall–Kier alpha value is -2.73. The Labute approximate surface area is 140 Å². The van der Waals surface area contributed by atoms with Gasteiger partial charge in [-0.15, -0.1) is 0 Å². The van der Waals surface area contributed by atoms with E-state index in [4.69, 9.17) is 20.1 Å². The lowest BCUT2D eigenvalue weighted by atomic mass is 9.97. The molecule has 0 aromatic heterocycles. The first-order chi connectivity index (χ1) is 11.7. The molecule has 2 aromatic carbocycles. The summed E-state index contributed by atoms with van der Waals surface area (Å²) in [6, 6.07) is 13.5. The van der Waals surface area contributed by atoms with Gasteiger partial charge in [-0.1, -0.05) is 18.2 Å². The summed E-state index contributed by atoms with van der Waals surface area (Å²) in [6.45, 7) is -0.128. The van der Waals surface area contributed by atoms with Gasteiger partial charge in [0, 0.05) is 6.07 Å². The largest absolute Gasteiger partial charge is 0.497 e. The minimum absolute atomic E-state index is 0.00834. The SMILES string of the molecule is COc1ccc(C2CCc3ccc(OCC(=O)NN)cc3O2)cc1. The van der Waals surface area contributed by atoms with E-state index >= 15 is 0 Å². The quantitative estimate of drug-likeness (QED) is 0.499. The van der Waals surface area contributed by atoms with E-state index in [9.17, 15) is 4.79 Å². The normalized spacial score (nSPS) is 15.8. The Morgan fingerprint density at radius 1 is 1.25 bits per heavy atom. The van der Waals surface area contributed by atoms with Crippen molar-refractivity contribution < 1.29 is 19.0 Å². The Morgan fingerprint density at radius 2 is 2.00 bits per heavy atom. The molecule has 0 fully saturated rings. The molecule has 24 heavy (non-hydrogen) atoms. The highest BCUT2D eigenvalue weighted by molar-refractivity contribution is 5.76. The number of fused-ring (bicyclic) bond motifs is 1. The summed E-state index contributed by atoms with van der Waals surface area (Å²) < 4.78 is 16.7. The first kappa shape index (κ1) is 16.1. The number of nitrogens with two attached hydrogens (primary N) is 1. The highest BCUT2D eigenvalue weighted by Gasteiger charge is 2.22. The first-order valence-electron chi connectivity index (χ1n) is 7.75. The smallest absolute Gasteiger partial charge is 0.271 e. The molecule has 3 rings (SSSR count). The number of ether oxygens (including phenoxy) is 3. The van der Waals surface area contributed by atoms with Crippen LogP contribution in [0.5, 0.6) is 17.2 Å². The van der Waals surface area contributed by atoms with Crippen molar-refractivity contribution in [2.45, 2.75) is 18.9 Å². The molecule has 126 valence electrons. The van der Waals surface area contributed by atoms with Crippen LogP contribution in [0.15, 0.2) is 42.5 Å². The van der Waals surface area contributed by atoms with E-state index in [1.54, 1.807) is 7.11 Å². The number of rotatable bonds is 5. The fourth-order valence-electron chi connectivity index (χ4n) is 2.68. The maximum absolute atomic E-state index is 11.2. The minimum atomic E-state index is -0.384. The molecular weight excluding hydrogens is 308 g/mol. The highest BCUT2D eigenvalue weighted by atomic mass is 16.5. The minimum Gasteiger partial charge on any atom is -0.497 e. The molecule has 0 saturated carbocycles. The van der Waals surface area contributed by atoms with Crippen molar-refractivity contribution in [2.24, 2.45) is 5.84 Å². The van der Waals surface area contributed by atoms with E-state index in [2.05, 4.69) is 0 Å². The summed E-state index contributed by atoms with van der Waals surface area (Å²) >= 11 is 0. The lowest BCUT2D eigenvalue weighted by Crippen LogP contribution is -2.34. The van der Waals surface area contributed by atoms with Crippen LogP contribution in [0.1, 0.15) is 23.7 Å². The molecule has 1 heterocycles. The summed E-state index contributed by atoms with van der Waals surface area (Å²) in [6.07, 6.45) is 1.83. The Bertz CT molecular complexity index is 715. The van der Waals surface area contributed by atoms with Crippen LogP contribution in [0.3, 0.4) is 0 Å². The van der Waals surface area contributed by atoms with Gasteiger partial charge in [-0.2, -0.15) is 0 Å². The Morgan fingerprint density at radius 3 is 2.71 bits per heavy atom. The van der Waals surface area contributed by atoms with Crippen LogP contribution in [-0.4, -0.2) is 19.6 Å². The number of amides is 1. The van der Waals surface area contributed by atoms with Gasteiger partial charge in [0.1, 0.15) is 23.4 Å². The highest BCUT2D eigenvalue weighted by Crippen LogP contribution is 2.37. The topological polar surface area (TPSA) is 82.8 Å². The van der Waals surface area contributed by atoms with Gasteiger partial charge in [-0.25, -0.2) is 5.84 Å². The van der Waals surface area contributed by atoms with Crippen LogP contribution >= 0.6 is 0 Å². The van der Waals surface area contributed by atoms with E-state index < -0.39 is 0 Å². The summed E-state index contributed by atoms with van der Waals surface area (Å²) in [5.41, 5.74) is 4.27. The van der Waals surface area contributed by atoms with Crippen LogP contribution in [0, 0.1) is 0 Å². The van der Waals surface area contributed by atoms with Gasteiger partial charge in [-0.3, -0.25) is 10.2 Å². The van der Waals surface area contributed by atoms with Crippen molar-refractivity contribution in [2.75, 3.05) is 13.7 Å². The average Bonchev–Trinajstić information content (AvgIpc) is 2.65. The number of benzene rings is 2. The van der Waals surface area contributed by atoms with Gasteiger partial charge < -0.3 is 14.2 Å². The van der Waals surface area contributed by atoms with Crippen molar-refractivity contribution >= 4 is 5.91 Å². The first-order valence-corrected chi connectivity index (χ1v) is 7.75. The number of carbonyl (C=O) groups excluding carboxylic acids is 1. The second kappa shape index (κ2) is 7.23. The predicted octanol–water partition coefficient (Wildman–Crippen LogP) is 2.13. The monoisotopic (exact) mass is 328 g/mol. The third kappa shape index (κ3) is 3.60. The van der Waals surface area contributed by atoms with Gasteiger partial charge in [0.2, 0.25) is 0 Å². The molecule has 0 aliphatic carbocycles. The molecule has 6 heteroatoms. The summed E-state index contributed by atoms with van der Waals surface area (Å²) in [5, 5.41) is 0. The van der Waals surface area contributed by atoms with Crippen molar-refractivity contribution in [1.29, 1.82) is 0 Å². The number of hydrogen-bond donors (Lipinski definition) is 2. The van der Waals surface area contributed by atoms with Crippen molar-refractivity contribution in [3.63, 3.8) is 0 Å². The summed E-state index contributed by atoms with van der Waals surface area (Å²) in [5.74, 6) is 6.84.